The molecule has 6 heteroatoms. The van der Waals surface area contributed by atoms with Crippen LogP contribution in [0.4, 0.5) is 4.79 Å². The first-order chi connectivity index (χ1) is 9.58. The molecule has 20 heavy (non-hydrogen) atoms. The molecule has 0 bridgehead atoms. The van der Waals surface area contributed by atoms with E-state index in [0.717, 1.165) is 12.2 Å². The Balaban J connectivity index is 1.91. The smallest absolute Gasteiger partial charge is 0.327 e. The third-order valence-electron chi connectivity index (χ3n) is 4.70. The monoisotopic (exact) mass is 300 g/mol. The molecule has 0 radical (unpaired) electrons. The maximum atomic E-state index is 12.3. The van der Waals surface area contributed by atoms with E-state index in [2.05, 4.69) is 12.2 Å². The van der Waals surface area contributed by atoms with E-state index in [0.29, 0.717) is 18.8 Å². The van der Waals surface area contributed by atoms with Crippen LogP contribution < -0.4 is 5.32 Å². The Bertz CT molecular complexity index is 369. The van der Waals surface area contributed by atoms with Crippen molar-refractivity contribution in [2.75, 3.05) is 24.6 Å². The molecule has 114 valence electrons. The van der Waals surface area contributed by atoms with Gasteiger partial charge in [-0.05, 0) is 24.7 Å². The maximum Gasteiger partial charge on any atom is 0.327 e. The van der Waals surface area contributed by atoms with Crippen molar-refractivity contribution in [3.05, 3.63) is 0 Å². The van der Waals surface area contributed by atoms with Crippen LogP contribution in [0, 0.1) is 5.41 Å². The number of amides is 2. The number of hydrogen-bond donors (Lipinski definition) is 2. The largest absolute Gasteiger partial charge is 0.480 e. The van der Waals surface area contributed by atoms with Gasteiger partial charge in [0.15, 0.2) is 0 Å². The fourth-order valence-electron chi connectivity index (χ4n) is 3.20. The molecular weight excluding hydrogens is 276 g/mol. The van der Waals surface area contributed by atoms with Crippen LogP contribution in [0.3, 0.4) is 0 Å². The molecule has 2 rings (SSSR count). The highest BCUT2D eigenvalue weighted by Crippen LogP contribution is 2.40. The van der Waals surface area contributed by atoms with Crippen molar-refractivity contribution in [3.63, 3.8) is 0 Å². The molecule has 5 nitrogen and oxygen atoms in total. The van der Waals surface area contributed by atoms with E-state index in [1.807, 2.05) is 0 Å². The zero-order chi connectivity index (χ0) is 14.6. The molecule has 2 N–H and O–H groups in total. The predicted octanol–water partition coefficient (Wildman–Crippen LogP) is 2.17. The van der Waals surface area contributed by atoms with Crippen molar-refractivity contribution < 1.29 is 14.7 Å². The van der Waals surface area contributed by atoms with Crippen LogP contribution in [0.1, 0.15) is 39.0 Å². The van der Waals surface area contributed by atoms with E-state index in [1.165, 1.54) is 30.6 Å². The lowest BCUT2D eigenvalue weighted by Crippen LogP contribution is -2.54. The number of carbonyl (C=O) groups excluding carboxylic acids is 1. The fourth-order valence-corrected chi connectivity index (χ4v) is 4.23. The maximum absolute atomic E-state index is 12.3. The first-order valence-electron chi connectivity index (χ1n) is 7.43. The van der Waals surface area contributed by atoms with Crippen molar-refractivity contribution in [3.8, 4) is 0 Å². The van der Waals surface area contributed by atoms with Gasteiger partial charge in [0, 0.05) is 24.6 Å². The molecule has 1 aliphatic heterocycles. The van der Waals surface area contributed by atoms with Gasteiger partial charge in [0.25, 0.3) is 0 Å². The summed E-state index contributed by atoms with van der Waals surface area (Å²) in [5.74, 6) is 0.399. The van der Waals surface area contributed by atoms with E-state index in [9.17, 15) is 14.7 Å². The summed E-state index contributed by atoms with van der Waals surface area (Å²) < 4.78 is 0. The average molecular weight is 300 g/mol. The van der Waals surface area contributed by atoms with Crippen molar-refractivity contribution in [2.45, 2.75) is 45.1 Å². The molecule has 2 fully saturated rings. The summed E-state index contributed by atoms with van der Waals surface area (Å²) in [5, 5.41) is 12.2. The Morgan fingerprint density at radius 3 is 2.70 bits per heavy atom. The van der Waals surface area contributed by atoms with Gasteiger partial charge >= 0.3 is 12.0 Å². The minimum absolute atomic E-state index is 0.211. The highest BCUT2D eigenvalue weighted by molar-refractivity contribution is 7.99. The number of carboxylic acids is 1. The minimum Gasteiger partial charge on any atom is -0.480 e. The van der Waals surface area contributed by atoms with Crippen molar-refractivity contribution in [1.29, 1.82) is 0 Å². The van der Waals surface area contributed by atoms with Crippen molar-refractivity contribution in [1.82, 2.24) is 10.2 Å². The Labute approximate surface area is 124 Å². The fraction of sp³-hybridized carbons (Fsp3) is 0.857. The minimum atomic E-state index is -0.904. The molecule has 0 aromatic heterocycles. The normalized spacial score (nSPS) is 25.4. The summed E-state index contributed by atoms with van der Waals surface area (Å²) in [6.07, 6.45) is 5.89. The van der Waals surface area contributed by atoms with Gasteiger partial charge in [-0.2, -0.15) is 11.8 Å². The zero-order valence-corrected chi connectivity index (χ0v) is 12.9. The van der Waals surface area contributed by atoms with Gasteiger partial charge in [0.1, 0.15) is 6.04 Å². The van der Waals surface area contributed by atoms with Crippen LogP contribution in [0.5, 0.6) is 0 Å². The second kappa shape index (κ2) is 6.70. The van der Waals surface area contributed by atoms with Gasteiger partial charge in [-0.1, -0.05) is 19.8 Å². The lowest BCUT2D eigenvalue weighted by atomic mass is 9.83. The number of carboxylic acid groups (broad SMARTS) is 1. The van der Waals surface area contributed by atoms with E-state index in [4.69, 9.17) is 0 Å². The SMILES string of the molecule is CCC1(CNC(=O)N2CCSCC2C(=O)O)CCCC1. The summed E-state index contributed by atoms with van der Waals surface area (Å²) in [7, 11) is 0. The van der Waals surface area contributed by atoms with Crippen molar-refractivity contribution >= 4 is 23.8 Å². The van der Waals surface area contributed by atoms with Crippen LogP contribution in [0.2, 0.25) is 0 Å². The number of urea groups is 1. The summed E-state index contributed by atoms with van der Waals surface area (Å²) in [4.78, 5) is 25.0. The standard InChI is InChI=1S/C14H24N2O3S/c1-2-14(5-3-4-6-14)10-15-13(19)16-7-8-20-9-11(16)12(17)18/h11H,2-10H2,1H3,(H,15,19)(H,17,18). The van der Waals surface area contributed by atoms with Crippen LogP contribution in [-0.2, 0) is 4.79 Å². The number of hydrogen-bond acceptors (Lipinski definition) is 3. The molecule has 1 aliphatic carbocycles. The molecule has 0 aromatic rings. The number of rotatable bonds is 4. The number of nitrogens with one attached hydrogen (secondary N) is 1. The van der Waals surface area contributed by atoms with Gasteiger partial charge in [-0.3, -0.25) is 0 Å². The van der Waals surface area contributed by atoms with Crippen LogP contribution in [-0.4, -0.2) is 52.6 Å². The van der Waals surface area contributed by atoms with Crippen LogP contribution in [0.15, 0.2) is 0 Å². The number of aliphatic carboxylic acids is 1. The Hall–Kier alpha value is -0.910. The van der Waals surface area contributed by atoms with Gasteiger partial charge < -0.3 is 15.3 Å². The topological polar surface area (TPSA) is 69.6 Å². The van der Waals surface area contributed by atoms with Gasteiger partial charge in [0.05, 0.1) is 0 Å². The number of carbonyl (C=O) groups is 2. The second-order valence-electron chi connectivity index (χ2n) is 5.84. The molecule has 2 amide bonds. The number of nitrogens with zero attached hydrogens (tertiary/aromatic N) is 1. The summed E-state index contributed by atoms with van der Waals surface area (Å²) in [6.45, 7) is 3.37. The molecule has 1 saturated carbocycles. The highest BCUT2D eigenvalue weighted by Gasteiger charge is 2.35. The zero-order valence-electron chi connectivity index (χ0n) is 12.1. The molecule has 1 atom stereocenters. The van der Waals surface area contributed by atoms with Crippen LogP contribution in [0.25, 0.3) is 0 Å². The summed E-state index contributed by atoms with van der Waals surface area (Å²) in [6, 6.07) is -0.896. The average Bonchev–Trinajstić information content (AvgIpc) is 2.94. The first kappa shape index (κ1) is 15.5. The summed E-state index contributed by atoms with van der Waals surface area (Å²) >= 11 is 1.60. The second-order valence-corrected chi connectivity index (χ2v) is 6.99. The first-order valence-corrected chi connectivity index (χ1v) is 8.58. The lowest BCUT2D eigenvalue weighted by Gasteiger charge is -2.34. The quantitative estimate of drug-likeness (QED) is 0.835. The van der Waals surface area contributed by atoms with Crippen LogP contribution >= 0.6 is 11.8 Å². The van der Waals surface area contributed by atoms with E-state index in [1.54, 1.807) is 11.8 Å². The highest BCUT2D eigenvalue weighted by atomic mass is 32.2. The molecule has 2 aliphatic rings. The molecule has 1 unspecified atom stereocenters. The van der Waals surface area contributed by atoms with Crippen molar-refractivity contribution in [2.24, 2.45) is 5.41 Å². The molecule has 1 heterocycles. The molecule has 0 aromatic carbocycles. The molecule has 0 spiro atoms. The van der Waals surface area contributed by atoms with E-state index in [-0.39, 0.29) is 11.4 Å². The lowest BCUT2D eigenvalue weighted by molar-refractivity contribution is -0.141. The van der Waals surface area contributed by atoms with Gasteiger partial charge in [0.2, 0.25) is 0 Å². The predicted molar refractivity (Wildman–Crippen MR) is 80.0 cm³/mol. The number of thioether (sulfide) groups is 1. The van der Waals surface area contributed by atoms with E-state index < -0.39 is 12.0 Å². The third kappa shape index (κ3) is 3.40. The van der Waals surface area contributed by atoms with Gasteiger partial charge in [-0.15, -0.1) is 0 Å². The van der Waals surface area contributed by atoms with E-state index >= 15 is 0 Å². The Kier molecular flexibility index (Phi) is 5.18. The van der Waals surface area contributed by atoms with Gasteiger partial charge in [-0.25, -0.2) is 9.59 Å². The molecule has 1 saturated heterocycles. The third-order valence-corrected chi connectivity index (χ3v) is 5.73. The summed E-state index contributed by atoms with van der Waals surface area (Å²) in [5.41, 5.74) is 0.235. The Morgan fingerprint density at radius 2 is 2.10 bits per heavy atom. The molecular formula is C14H24N2O3S. The Morgan fingerprint density at radius 1 is 1.40 bits per heavy atom.